The van der Waals surface area contributed by atoms with Crippen LogP contribution >= 0.6 is 0 Å². The normalized spacial score (nSPS) is 15.3. The first-order valence-electron chi connectivity index (χ1n) is 33.7. The number of nitrogens with two attached hydrogens (primary N) is 4. The van der Waals surface area contributed by atoms with E-state index >= 15 is 0 Å². The lowest BCUT2D eigenvalue weighted by Crippen LogP contribution is -2.62. The highest BCUT2D eigenvalue weighted by Crippen LogP contribution is 2.20. The number of aromatic nitrogens is 1. The van der Waals surface area contributed by atoms with Gasteiger partial charge in [-0.3, -0.25) is 71.9 Å². The molecule has 1 aromatic heterocycles. The molecular formula is C66H102N18O19. The standard InChI is InChI=1S/C66H102N18O19/c1-9-34(6)53(65(101)73-36(8)66(102)103)84-64(100)52(33(4)5)83-57(93)41(19-20-50(88)89)75-58(94)44(25-37-15-11-10-12-16-37)78-60(96)46(27-69)80-56(92)43(22-24-68)76-62(98)48(31-86)81-59(95)45(26-38-28-71-40-18-14-13-17-39(38)40)79-61(97)47(30-85)74-49(87)29-72-55(91)42(21-23-67)77-63(99)51(32(2)3)82-54(90)35(7)70/h10-18,28,32-36,41-48,51-53,71,85-86H,9,19-27,29-31,67-70H2,1-8H3,(H,72,91)(H,73,101)(H,74,87)(H,75,94)(H,76,98)(H,77,99)(H,78,96)(H,79,97)(H,80,92)(H,81,95)(H,82,90)(H,83,93)(H,84,100)(H,88,89)(H,102,103)/t34-,35-,36-,41-,42+,43-,44-,45+,46+,47+,48-,51+,52-,53+/m0/s1. The van der Waals surface area contributed by atoms with Crippen molar-refractivity contribution in [3.8, 4) is 0 Å². The van der Waals surface area contributed by atoms with E-state index in [9.17, 15) is 92.3 Å². The Morgan fingerprint density at radius 3 is 1.38 bits per heavy atom. The molecule has 0 radical (unpaired) electrons. The van der Waals surface area contributed by atoms with Crippen molar-refractivity contribution in [3.63, 3.8) is 0 Å². The average molecular weight is 1450 g/mol. The zero-order valence-corrected chi connectivity index (χ0v) is 58.9. The number of H-pyrrole nitrogens is 1. The molecule has 2 aromatic carbocycles. The van der Waals surface area contributed by atoms with E-state index in [0.29, 0.717) is 28.5 Å². The van der Waals surface area contributed by atoms with E-state index in [1.807, 2.05) is 0 Å². The van der Waals surface area contributed by atoms with E-state index < -0.39 is 224 Å². The Morgan fingerprint density at radius 2 is 0.864 bits per heavy atom. The maximum Gasteiger partial charge on any atom is 0.325 e. The van der Waals surface area contributed by atoms with Gasteiger partial charge >= 0.3 is 11.9 Å². The monoisotopic (exact) mass is 1450 g/mol. The number of carboxylic acids is 2. The highest BCUT2D eigenvalue weighted by atomic mass is 16.4. The number of para-hydroxylation sites is 1. The molecule has 0 aliphatic heterocycles. The number of hydrogen-bond acceptors (Lipinski definition) is 21. The number of aromatic amines is 1. The molecule has 0 saturated heterocycles. The highest BCUT2D eigenvalue weighted by molar-refractivity contribution is 6.00. The third-order valence-corrected chi connectivity index (χ3v) is 16.5. The van der Waals surface area contributed by atoms with Crippen LogP contribution in [0.15, 0.2) is 60.8 Å². The molecule has 3 aromatic rings. The molecule has 37 heteroatoms. The fourth-order valence-corrected chi connectivity index (χ4v) is 10.2. The number of rotatable bonds is 45. The van der Waals surface area contributed by atoms with E-state index in [0.717, 1.165) is 0 Å². The lowest BCUT2D eigenvalue weighted by atomic mass is 9.96. The topological polar surface area (TPSA) is 613 Å². The molecule has 0 unspecified atom stereocenters. The Hall–Kier alpha value is -10.2. The van der Waals surface area contributed by atoms with E-state index in [2.05, 4.69) is 74.1 Å². The number of hydrogen-bond donors (Lipinski definition) is 22. The summed E-state index contributed by atoms with van der Waals surface area (Å²) in [6.07, 6.45) is -0.374. The van der Waals surface area contributed by atoms with Crippen molar-refractivity contribution in [2.45, 2.75) is 179 Å². The lowest BCUT2D eigenvalue weighted by Gasteiger charge is -2.30. The number of carbonyl (C=O) groups is 15. The minimum atomic E-state index is -1.88. The molecule has 0 saturated carbocycles. The molecular weight excluding hydrogens is 1350 g/mol. The number of carboxylic acid groups (broad SMARTS) is 2. The Bertz CT molecular complexity index is 3410. The van der Waals surface area contributed by atoms with Crippen LogP contribution in [-0.2, 0) is 84.8 Å². The zero-order valence-electron chi connectivity index (χ0n) is 58.9. The van der Waals surface area contributed by atoms with Gasteiger partial charge in [-0.25, -0.2) is 0 Å². The van der Waals surface area contributed by atoms with Gasteiger partial charge in [0.15, 0.2) is 0 Å². The Kier molecular flexibility index (Phi) is 36.8. The van der Waals surface area contributed by atoms with Crippen LogP contribution in [0, 0.1) is 17.8 Å². The van der Waals surface area contributed by atoms with Gasteiger partial charge in [0, 0.05) is 42.9 Å². The summed E-state index contributed by atoms with van der Waals surface area (Å²) < 4.78 is 0. The first kappa shape index (κ1) is 87.0. The maximum atomic E-state index is 14.4. The van der Waals surface area contributed by atoms with Crippen molar-refractivity contribution in [3.05, 3.63) is 71.9 Å². The van der Waals surface area contributed by atoms with Crippen molar-refractivity contribution >= 4 is 99.6 Å². The van der Waals surface area contributed by atoms with Gasteiger partial charge in [0.1, 0.15) is 72.5 Å². The minimum Gasteiger partial charge on any atom is -0.481 e. The average Bonchev–Trinajstić information content (AvgIpc) is 1.73. The van der Waals surface area contributed by atoms with E-state index in [-0.39, 0.29) is 38.8 Å². The smallest absolute Gasteiger partial charge is 0.325 e. The summed E-state index contributed by atoms with van der Waals surface area (Å²) in [4.78, 5) is 205. The quantitative estimate of drug-likeness (QED) is 0.0250. The summed E-state index contributed by atoms with van der Waals surface area (Å²) in [5.74, 6) is -17.0. The van der Waals surface area contributed by atoms with Gasteiger partial charge in [0.05, 0.1) is 25.8 Å². The molecule has 0 fully saturated rings. The summed E-state index contributed by atoms with van der Waals surface area (Å²) >= 11 is 0. The fourth-order valence-electron chi connectivity index (χ4n) is 10.2. The number of benzene rings is 2. The summed E-state index contributed by atoms with van der Waals surface area (Å²) in [5.41, 5.74) is 24.8. The SMILES string of the molecule is CC[C@H](C)[C@@H](NC(=O)[C@@H](NC(=O)[C@H](CCC(=O)O)NC(=O)[C@H](Cc1ccccc1)NC(=O)[C@@H](CN)NC(=O)[C@H](CCN)NC(=O)[C@H](CO)NC(=O)[C@@H](Cc1c[nH]c2ccccc12)NC(=O)[C@@H](CO)NC(=O)CNC(=O)[C@@H](CCN)NC(=O)[C@H](NC(=O)[C@H](C)N)C(C)C)C(C)C)C(=O)N[C@@H](C)C(=O)O. The van der Waals surface area contributed by atoms with Gasteiger partial charge in [-0.1, -0.05) is 96.5 Å². The summed E-state index contributed by atoms with van der Waals surface area (Å²) in [7, 11) is 0. The van der Waals surface area contributed by atoms with Crippen LogP contribution in [0.3, 0.4) is 0 Å². The molecule has 1 heterocycles. The van der Waals surface area contributed by atoms with Gasteiger partial charge in [0.2, 0.25) is 76.8 Å². The van der Waals surface area contributed by atoms with Crippen LogP contribution in [0.4, 0.5) is 0 Å². The number of carbonyl (C=O) groups excluding carboxylic acids is 13. The van der Waals surface area contributed by atoms with Crippen LogP contribution < -0.4 is 92.1 Å². The number of aliphatic carboxylic acids is 2. The second-order valence-corrected chi connectivity index (χ2v) is 25.4. The predicted molar refractivity (Wildman–Crippen MR) is 372 cm³/mol. The van der Waals surface area contributed by atoms with Gasteiger partial charge < -0.3 is 117 Å². The molecule has 3 rings (SSSR count). The Morgan fingerprint density at radius 1 is 0.447 bits per heavy atom. The lowest BCUT2D eigenvalue weighted by molar-refractivity contribution is -0.142. The largest absolute Gasteiger partial charge is 0.481 e. The Labute approximate surface area is 594 Å². The summed E-state index contributed by atoms with van der Waals surface area (Å²) in [6, 6.07) is -4.30. The Balaban J connectivity index is 1.85. The van der Waals surface area contributed by atoms with Crippen LogP contribution in [0.25, 0.3) is 10.9 Å². The van der Waals surface area contributed by atoms with Crippen molar-refractivity contribution < 1.29 is 92.3 Å². The van der Waals surface area contributed by atoms with Crippen molar-refractivity contribution in [1.82, 2.24) is 74.1 Å². The first-order valence-corrected chi connectivity index (χ1v) is 33.7. The van der Waals surface area contributed by atoms with Gasteiger partial charge in [0.25, 0.3) is 0 Å². The molecule has 0 aliphatic rings. The van der Waals surface area contributed by atoms with E-state index in [1.54, 1.807) is 96.1 Å². The number of fused-ring (bicyclic) bond motifs is 1. The van der Waals surface area contributed by atoms with Crippen LogP contribution in [-0.4, -0.2) is 232 Å². The van der Waals surface area contributed by atoms with Crippen molar-refractivity contribution in [1.29, 1.82) is 0 Å². The van der Waals surface area contributed by atoms with Gasteiger partial charge in [-0.05, 0) is 81.1 Å². The number of aliphatic hydroxyl groups excluding tert-OH is 2. The van der Waals surface area contributed by atoms with Crippen LogP contribution in [0.2, 0.25) is 0 Å². The second-order valence-electron chi connectivity index (χ2n) is 25.4. The number of amides is 13. The molecule has 13 amide bonds. The van der Waals surface area contributed by atoms with Crippen LogP contribution in [0.5, 0.6) is 0 Å². The fraction of sp³-hybridized carbons (Fsp3) is 0.561. The minimum absolute atomic E-state index is 0.0977. The maximum absolute atomic E-state index is 14.4. The van der Waals surface area contributed by atoms with Gasteiger partial charge in [-0.2, -0.15) is 0 Å². The summed E-state index contributed by atoms with van der Waals surface area (Å²) in [5, 5.41) is 72.1. The second kappa shape index (κ2) is 43.6. The number of nitrogens with one attached hydrogen (secondary N) is 14. The highest BCUT2D eigenvalue weighted by Gasteiger charge is 2.38. The molecule has 0 bridgehead atoms. The molecule has 37 nitrogen and oxygen atoms in total. The van der Waals surface area contributed by atoms with Crippen molar-refractivity contribution in [2.75, 3.05) is 39.4 Å². The van der Waals surface area contributed by atoms with E-state index in [1.165, 1.54) is 20.0 Å². The molecule has 103 heavy (non-hydrogen) atoms. The van der Waals surface area contributed by atoms with E-state index in [4.69, 9.17) is 22.9 Å². The third kappa shape index (κ3) is 28.3. The first-order chi connectivity index (χ1) is 48.6. The summed E-state index contributed by atoms with van der Waals surface area (Å²) in [6.45, 7) is 8.40. The molecule has 0 spiro atoms. The number of aliphatic hydroxyl groups is 2. The molecule has 570 valence electrons. The van der Waals surface area contributed by atoms with Gasteiger partial charge in [-0.15, -0.1) is 0 Å². The van der Waals surface area contributed by atoms with Crippen molar-refractivity contribution in [2.24, 2.45) is 40.7 Å². The predicted octanol–water partition coefficient (Wildman–Crippen LogP) is -6.80. The molecule has 14 atom stereocenters. The molecule has 26 N–H and O–H groups in total. The molecule has 0 aliphatic carbocycles. The zero-order chi connectivity index (χ0) is 77.4. The third-order valence-electron chi connectivity index (χ3n) is 16.5. The van der Waals surface area contributed by atoms with Crippen LogP contribution in [0.1, 0.15) is 98.6 Å².